The fourth-order valence-electron chi connectivity index (χ4n) is 2.61. The number of nitrogens with two attached hydrogens (primary N) is 1. The van der Waals surface area contributed by atoms with Crippen molar-refractivity contribution in [3.05, 3.63) is 6.33 Å². The molecule has 0 aromatic carbocycles. The summed E-state index contributed by atoms with van der Waals surface area (Å²) >= 11 is 1.37. The van der Waals surface area contributed by atoms with Crippen LogP contribution in [-0.4, -0.2) is 65.5 Å². The Balaban J connectivity index is 2.13. The van der Waals surface area contributed by atoms with Crippen LogP contribution in [0.3, 0.4) is 0 Å². The number of aliphatic hydroxyl groups is 3. The summed E-state index contributed by atoms with van der Waals surface area (Å²) in [6.45, 7) is 1.03. The molecule has 1 saturated heterocycles. The molecule has 9 nitrogen and oxygen atoms in total. The van der Waals surface area contributed by atoms with E-state index >= 15 is 0 Å². The number of aliphatic hydroxyl groups excluding tert-OH is 2. The van der Waals surface area contributed by atoms with Gasteiger partial charge < -0.3 is 25.8 Å². The second-order valence-electron chi connectivity index (χ2n) is 5.30. The number of hydrogen-bond donors (Lipinski definition) is 4. The van der Waals surface area contributed by atoms with Crippen LogP contribution in [0.25, 0.3) is 11.2 Å². The molecule has 1 aliphatic rings. The summed E-state index contributed by atoms with van der Waals surface area (Å²) in [5.74, 6) is 0.0792. The van der Waals surface area contributed by atoms with Crippen LogP contribution in [-0.2, 0) is 4.74 Å². The van der Waals surface area contributed by atoms with Crippen molar-refractivity contribution in [1.82, 2.24) is 19.5 Å². The predicted molar refractivity (Wildman–Crippen MR) is 79.1 cm³/mol. The Morgan fingerprint density at radius 3 is 2.82 bits per heavy atom. The average molecular weight is 327 g/mol. The highest BCUT2D eigenvalue weighted by Crippen LogP contribution is 2.39. The van der Waals surface area contributed by atoms with Crippen molar-refractivity contribution in [3.63, 3.8) is 0 Å². The van der Waals surface area contributed by atoms with E-state index in [1.165, 1.54) is 29.6 Å². The molecular formula is C12H17N5O4S. The zero-order valence-electron chi connectivity index (χ0n) is 12.0. The van der Waals surface area contributed by atoms with E-state index in [4.69, 9.17) is 10.5 Å². The van der Waals surface area contributed by atoms with E-state index in [0.717, 1.165) is 0 Å². The third-order valence-electron chi connectivity index (χ3n) is 3.79. The Hall–Kier alpha value is -1.46. The van der Waals surface area contributed by atoms with Gasteiger partial charge in [-0.2, -0.15) is 4.98 Å². The van der Waals surface area contributed by atoms with Crippen LogP contribution in [0.1, 0.15) is 13.2 Å². The molecule has 2 aromatic rings. The summed E-state index contributed by atoms with van der Waals surface area (Å²) in [7, 11) is 0. The van der Waals surface area contributed by atoms with Crippen LogP contribution in [0.4, 0.5) is 5.95 Å². The van der Waals surface area contributed by atoms with Gasteiger partial charge in [0.15, 0.2) is 11.9 Å². The average Bonchev–Trinajstić information content (AvgIpc) is 2.98. The molecule has 0 bridgehead atoms. The standard InChI is InChI=1S/C12H17N5O4S/c1-12(20)7(19)5(3-18)21-10(12)17-4-14-6-8(17)15-11(13)16-9(6)22-2/h4-5,7,10,18-20H,3H2,1-2H3,(H2,13,15,16)/t5-,7-,10-,12-/m1/s1. The molecule has 22 heavy (non-hydrogen) atoms. The van der Waals surface area contributed by atoms with Gasteiger partial charge in [-0.05, 0) is 13.2 Å². The van der Waals surface area contributed by atoms with E-state index in [0.29, 0.717) is 16.2 Å². The van der Waals surface area contributed by atoms with Crippen molar-refractivity contribution in [2.45, 2.75) is 36.0 Å². The topological polar surface area (TPSA) is 140 Å². The third kappa shape index (κ3) is 2.15. The molecule has 0 aliphatic carbocycles. The normalized spacial score (nSPS) is 32.0. The van der Waals surface area contributed by atoms with Gasteiger partial charge in [-0.25, -0.2) is 9.97 Å². The van der Waals surface area contributed by atoms with Crippen LogP contribution in [0.5, 0.6) is 0 Å². The van der Waals surface area contributed by atoms with Gasteiger partial charge in [0.25, 0.3) is 0 Å². The van der Waals surface area contributed by atoms with Crippen LogP contribution < -0.4 is 5.73 Å². The smallest absolute Gasteiger partial charge is 0.223 e. The summed E-state index contributed by atoms with van der Waals surface area (Å²) in [4.78, 5) is 12.5. The van der Waals surface area contributed by atoms with Crippen LogP contribution in [0, 0.1) is 0 Å². The monoisotopic (exact) mass is 327 g/mol. The van der Waals surface area contributed by atoms with E-state index in [1.54, 1.807) is 0 Å². The molecule has 0 unspecified atom stereocenters. The second-order valence-corrected chi connectivity index (χ2v) is 6.09. The Kier molecular flexibility index (Phi) is 3.73. The predicted octanol–water partition coefficient (Wildman–Crippen LogP) is -0.868. The minimum Gasteiger partial charge on any atom is -0.394 e. The molecule has 0 saturated carbocycles. The molecule has 5 N–H and O–H groups in total. The molecule has 120 valence electrons. The first-order chi connectivity index (χ1) is 10.4. The summed E-state index contributed by atoms with van der Waals surface area (Å²) in [6, 6.07) is 0. The van der Waals surface area contributed by atoms with Crippen molar-refractivity contribution in [2.24, 2.45) is 0 Å². The maximum absolute atomic E-state index is 10.5. The zero-order chi connectivity index (χ0) is 16.1. The number of aromatic nitrogens is 4. The molecule has 0 amide bonds. The van der Waals surface area contributed by atoms with E-state index in [1.807, 2.05) is 6.26 Å². The van der Waals surface area contributed by atoms with Gasteiger partial charge in [-0.1, -0.05) is 0 Å². The van der Waals surface area contributed by atoms with Crippen LogP contribution in [0.15, 0.2) is 11.4 Å². The largest absolute Gasteiger partial charge is 0.394 e. The minimum atomic E-state index is -1.61. The quantitative estimate of drug-likeness (QED) is 0.418. The first-order valence-corrected chi connectivity index (χ1v) is 7.83. The number of ether oxygens (including phenoxy) is 1. The number of fused-ring (bicyclic) bond motifs is 1. The Labute approximate surface area is 130 Å². The van der Waals surface area contributed by atoms with Gasteiger partial charge >= 0.3 is 0 Å². The number of imidazole rings is 1. The lowest BCUT2D eigenvalue weighted by Crippen LogP contribution is -2.44. The van der Waals surface area contributed by atoms with E-state index in [-0.39, 0.29) is 5.95 Å². The van der Waals surface area contributed by atoms with Crippen molar-refractivity contribution in [3.8, 4) is 0 Å². The number of rotatable bonds is 3. The number of nitrogen functional groups attached to an aromatic ring is 1. The van der Waals surface area contributed by atoms with Gasteiger partial charge in [-0.15, -0.1) is 11.8 Å². The molecule has 2 aromatic heterocycles. The number of hydrogen-bond acceptors (Lipinski definition) is 9. The zero-order valence-corrected chi connectivity index (χ0v) is 12.9. The molecule has 0 radical (unpaired) electrons. The molecule has 0 spiro atoms. The summed E-state index contributed by atoms with van der Waals surface area (Å²) < 4.78 is 7.06. The Morgan fingerprint density at radius 2 is 2.23 bits per heavy atom. The maximum atomic E-state index is 10.5. The van der Waals surface area contributed by atoms with Gasteiger partial charge in [0.1, 0.15) is 28.4 Å². The summed E-state index contributed by atoms with van der Waals surface area (Å²) in [5.41, 5.74) is 5.02. The first-order valence-electron chi connectivity index (χ1n) is 6.61. The molecule has 3 rings (SSSR count). The summed E-state index contributed by atoms with van der Waals surface area (Å²) in [5, 5.41) is 30.5. The SMILES string of the molecule is CSc1nc(N)nc2c1ncn2[C@@H]1O[C@H](CO)[C@@H](O)[C@@]1(C)O. The fourth-order valence-corrected chi connectivity index (χ4v) is 3.13. The lowest BCUT2D eigenvalue weighted by atomic mass is 9.96. The highest BCUT2D eigenvalue weighted by Gasteiger charge is 2.53. The Morgan fingerprint density at radius 1 is 1.50 bits per heavy atom. The highest BCUT2D eigenvalue weighted by atomic mass is 32.2. The van der Waals surface area contributed by atoms with Gasteiger partial charge in [-0.3, -0.25) is 4.57 Å². The second kappa shape index (κ2) is 5.32. The first kappa shape index (κ1) is 15.4. The van der Waals surface area contributed by atoms with Crippen LogP contribution >= 0.6 is 11.8 Å². The molecule has 3 heterocycles. The Bertz CT molecular complexity index is 706. The summed E-state index contributed by atoms with van der Waals surface area (Å²) in [6.07, 6.45) is 0.211. The fraction of sp³-hybridized carbons (Fsp3) is 0.583. The lowest BCUT2D eigenvalue weighted by molar-refractivity contribution is -0.0950. The maximum Gasteiger partial charge on any atom is 0.223 e. The number of anilines is 1. The molecule has 1 fully saturated rings. The van der Waals surface area contributed by atoms with E-state index in [9.17, 15) is 15.3 Å². The molecule has 4 atom stereocenters. The van der Waals surface area contributed by atoms with E-state index in [2.05, 4.69) is 15.0 Å². The van der Waals surface area contributed by atoms with Gasteiger partial charge in [0, 0.05) is 0 Å². The number of nitrogens with zero attached hydrogens (tertiary/aromatic N) is 4. The molecular weight excluding hydrogens is 310 g/mol. The van der Waals surface area contributed by atoms with Crippen molar-refractivity contribution < 1.29 is 20.1 Å². The molecule has 10 heteroatoms. The van der Waals surface area contributed by atoms with Crippen molar-refractivity contribution in [1.29, 1.82) is 0 Å². The van der Waals surface area contributed by atoms with Gasteiger partial charge in [0.05, 0.1) is 12.9 Å². The molecule has 1 aliphatic heterocycles. The van der Waals surface area contributed by atoms with Gasteiger partial charge in [0.2, 0.25) is 5.95 Å². The number of thioether (sulfide) groups is 1. The van der Waals surface area contributed by atoms with Crippen molar-refractivity contribution >= 4 is 28.9 Å². The lowest BCUT2D eigenvalue weighted by Gasteiger charge is -2.27. The van der Waals surface area contributed by atoms with Crippen molar-refractivity contribution in [2.75, 3.05) is 18.6 Å². The minimum absolute atomic E-state index is 0.0792. The highest BCUT2D eigenvalue weighted by molar-refractivity contribution is 7.98. The van der Waals surface area contributed by atoms with E-state index < -0.39 is 30.6 Å². The van der Waals surface area contributed by atoms with Crippen LogP contribution in [0.2, 0.25) is 0 Å². The third-order valence-corrected chi connectivity index (χ3v) is 4.46.